The largest absolute Gasteiger partial charge is 0.462 e. The molecular weight excluding hydrogens is 426 g/mol. The van der Waals surface area contributed by atoms with Gasteiger partial charge in [-0.1, -0.05) is 54.6 Å². The zero-order chi connectivity index (χ0) is 23.9. The topological polar surface area (TPSA) is 82.3 Å². The molecule has 3 aromatic rings. The molecule has 0 N–H and O–H groups in total. The second-order valence-electron chi connectivity index (χ2n) is 8.57. The minimum Gasteiger partial charge on any atom is -0.462 e. The first-order valence-corrected chi connectivity index (χ1v) is 11.6. The Kier molecular flexibility index (Phi) is 7.51. The summed E-state index contributed by atoms with van der Waals surface area (Å²) in [6, 6.07) is 19.9. The Hall–Kier alpha value is -3.76. The van der Waals surface area contributed by atoms with Gasteiger partial charge in [0.2, 0.25) is 0 Å². The number of carbonyl (C=O) groups is 1. The van der Waals surface area contributed by atoms with Gasteiger partial charge in [-0.15, -0.1) is 0 Å². The van der Waals surface area contributed by atoms with E-state index < -0.39 is 11.9 Å². The number of nitriles is 1. The molecule has 2 aromatic carbocycles. The molecule has 1 fully saturated rings. The molecule has 1 unspecified atom stereocenters. The van der Waals surface area contributed by atoms with Crippen LogP contribution in [0.4, 0.5) is 5.82 Å². The fraction of sp³-hybridized carbons (Fsp3) is 0.333. The molecule has 1 atom stereocenters. The summed E-state index contributed by atoms with van der Waals surface area (Å²) in [6.45, 7) is 7.56. The van der Waals surface area contributed by atoms with Crippen LogP contribution >= 0.6 is 0 Å². The molecule has 174 valence electrons. The Bertz CT molecular complexity index is 1190. The van der Waals surface area contributed by atoms with Crippen molar-refractivity contribution in [1.29, 1.82) is 5.26 Å². The van der Waals surface area contributed by atoms with Crippen LogP contribution in [0.25, 0.3) is 17.1 Å². The van der Waals surface area contributed by atoms with Crippen LogP contribution in [0, 0.1) is 11.3 Å². The van der Waals surface area contributed by atoms with Gasteiger partial charge >= 0.3 is 5.97 Å². The number of benzene rings is 2. The van der Waals surface area contributed by atoms with Gasteiger partial charge in [-0.05, 0) is 31.5 Å². The fourth-order valence-corrected chi connectivity index (χ4v) is 4.00. The van der Waals surface area contributed by atoms with Crippen LogP contribution in [0.5, 0.6) is 0 Å². The maximum Gasteiger partial charge on any atom is 0.329 e. The SMILES string of the molecule is CC(C)OC(=O)C(C#N)c1nc2ccccc2nc1N1CCN(C/C=C/c2ccccc2)CC1. The lowest BCUT2D eigenvalue weighted by Crippen LogP contribution is -2.47. The summed E-state index contributed by atoms with van der Waals surface area (Å²) in [4.78, 5) is 26.7. The molecule has 1 aromatic heterocycles. The summed E-state index contributed by atoms with van der Waals surface area (Å²) in [6.07, 6.45) is 4.00. The number of hydrogen-bond acceptors (Lipinski definition) is 7. The Morgan fingerprint density at radius 3 is 2.32 bits per heavy atom. The normalized spacial score (nSPS) is 15.5. The van der Waals surface area contributed by atoms with E-state index in [1.54, 1.807) is 13.8 Å². The second kappa shape index (κ2) is 10.9. The first-order valence-electron chi connectivity index (χ1n) is 11.6. The summed E-state index contributed by atoms with van der Waals surface area (Å²) in [5, 5.41) is 9.84. The molecule has 0 amide bonds. The molecule has 1 aliphatic rings. The third-order valence-corrected chi connectivity index (χ3v) is 5.71. The van der Waals surface area contributed by atoms with Crippen molar-refractivity contribution in [3.05, 3.63) is 71.9 Å². The quantitative estimate of drug-likeness (QED) is 0.498. The standard InChI is InChI=1S/C27H29N5O2/c1-20(2)34-27(33)22(19-28)25-26(30-24-13-7-6-12-23(24)29-25)32-17-15-31(16-18-32)14-8-11-21-9-4-3-5-10-21/h3-13,20,22H,14-18H2,1-2H3/b11-8+. The molecule has 0 saturated carbocycles. The molecule has 1 aliphatic heterocycles. The number of para-hydroxylation sites is 2. The molecule has 4 rings (SSSR count). The molecule has 0 radical (unpaired) electrons. The van der Waals surface area contributed by atoms with E-state index in [2.05, 4.69) is 40.2 Å². The van der Waals surface area contributed by atoms with Crippen LogP contribution in [0.2, 0.25) is 0 Å². The van der Waals surface area contributed by atoms with Crippen molar-refractivity contribution in [1.82, 2.24) is 14.9 Å². The van der Waals surface area contributed by atoms with Crippen LogP contribution in [0.1, 0.15) is 31.0 Å². The molecule has 2 heterocycles. The van der Waals surface area contributed by atoms with Gasteiger partial charge < -0.3 is 9.64 Å². The van der Waals surface area contributed by atoms with E-state index in [0.29, 0.717) is 17.0 Å². The molecule has 0 bridgehead atoms. The van der Waals surface area contributed by atoms with Crippen molar-refractivity contribution in [2.24, 2.45) is 0 Å². The first-order chi connectivity index (χ1) is 16.5. The van der Waals surface area contributed by atoms with Crippen molar-refractivity contribution < 1.29 is 9.53 Å². The van der Waals surface area contributed by atoms with E-state index in [1.807, 2.05) is 42.5 Å². The summed E-state index contributed by atoms with van der Waals surface area (Å²) >= 11 is 0. The van der Waals surface area contributed by atoms with Crippen LogP contribution in [-0.2, 0) is 9.53 Å². The average molecular weight is 456 g/mol. The number of piperazine rings is 1. The van der Waals surface area contributed by atoms with Gasteiger partial charge in [0.05, 0.1) is 23.2 Å². The third-order valence-electron chi connectivity index (χ3n) is 5.71. The Morgan fingerprint density at radius 1 is 1.03 bits per heavy atom. The number of carbonyl (C=O) groups excluding carboxylic acids is 1. The predicted octanol–water partition coefficient (Wildman–Crippen LogP) is 4.02. The highest BCUT2D eigenvalue weighted by molar-refractivity contribution is 5.85. The summed E-state index contributed by atoms with van der Waals surface area (Å²) in [7, 11) is 0. The minimum absolute atomic E-state index is 0.312. The molecule has 34 heavy (non-hydrogen) atoms. The van der Waals surface area contributed by atoms with Crippen LogP contribution in [-0.4, -0.2) is 59.7 Å². The lowest BCUT2D eigenvalue weighted by atomic mass is 10.1. The lowest BCUT2D eigenvalue weighted by molar-refractivity contribution is -0.147. The van der Waals surface area contributed by atoms with E-state index in [9.17, 15) is 10.1 Å². The van der Waals surface area contributed by atoms with Crippen molar-refractivity contribution in [2.75, 3.05) is 37.6 Å². The Labute approximate surface area is 200 Å². The molecule has 0 aliphatic carbocycles. The molecule has 7 heteroatoms. The number of rotatable bonds is 7. The number of aromatic nitrogens is 2. The monoisotopic (exact) mass is 455 g/mol. The number of hydrogen-bond donors (Lipinski definition) is 0. The van der Waals surface area contributed by atoms with Crippen LogP contribution in [0.15, 0.2) is 60.7 Å². The van der Waals surface area contributed by atoms with E-state index in [0.717, 1.165) is 38.2 Å². The van der Waals surface area contributed by atoms with Gasteiger partial charge in [-0.25, -0.2) is 9.97 Å². The van der Waals surface area contributed by atoms with Crippen LogP contribution < -0.4 is 4.90 Å². The predicted molar refractivity (Wildman–Crippen MR) is 133 cm³/mol. The third kappa shape index (κ3) is 5.59. The van der Waals surface area contributed by atoms with Gasteiger partial charge in [0, 0.05) is 32.7 Å². The smallest absolute Gasteiger partial charge is 0.329 e. The Morgan fingerprint density at radius 2 is 1.68 bits per heavy atom. The maximum absolute atomic E-state index is 12.7. The van der Waals surface area contributed by atoms with Gasteiger partial charge in [0.25, 0.3) is 0 Å². The van der Waals surface area contributed by atoms with Crippen molar-refractivity contribution in [3.63, 3.8) is 0 Å². The average Bonchev–Trinajstić information content (AvgIpc) is 2.85. The molecule has 7 nitrogen and oxygen atoms in total. The first kappa shape index (κ1) is 23.4. The second-order valence-corrected chi connectivity index (χ2v) is 8.57. The van der Waals surface area contributed by atoms with Crippen molar-refractivity contribution >= 4 is 28.9 Å². The fourth-order valence-electron chi connectivity index (χ4n) is 4.00. The highest BCUT2D eigenvalue weighted by Gasteiger charge is 2.31. The van der Waals surface area contributed by atoms with Gasteiger partial charge in [-0.3, -0.25) is 9.69 Å². The van der Waals surface area contributed by atoms with Crippen molar-refractivity contribution in [2.45, 2.75) is 25.9 Å². The minimum atomic E-state index is -1.12. The number of anilines is 1. The summed E-state index contributed by atoms with van der Waals surface area (Å²) < 4.78 is 5.35. The van der Waals surface area contributed by atoms with Crippen molar-refractivity contribution in [3.8, 4) is 6.07 Å². The zero-order valence-corrected chi connectivity index (χ0v) is 19.6. The number of esters is 1. The number of nitrogens with zero attached hydrogens (tertiary/aromatic N) is 5. The zero-order valence-electron chi connectivity index (χ0n) is 19.6. The summed E-state index contributed by atoms with van der Waals surface area (Å²) in [5.74, 6) is -1.13. The number of ether oxygens (including phenoxy) is 1. The molecular formula is C27H29N5O2. The highest BCUT2D eigenvalue weighted by Crippen LogP contribution is 2.29. The molecule has 0 spiro atoms. The van der Waals surface area contributed by atoms with E-state index in [1.165, 1.54) is 5.56 Å². The molecule has 1 saturated heterocycles. The van der Waals surface area contributed by atoms with Crippen LogP contribution in [0.3, 0.4) is 0 Å². The lowest BCUT2D eigenvalue weighted by Gasteiger charge is -2.35. The van der Waals surface area contributed by atoms with E-state index in [4.69, 9.17) is 14.7 Å². The van der Waals surface area contributed by atoms with Gasteiger partial charge in [0.15, 0.2) is 11.7 Å². The maximum atomic E-state index is 12.7. The van der Waals surface area contributed by atoms with E-state index in [-0.39, 0.29) is 6.10 Å². The van der Waals surface area contributed by atoms with Gasteiger partial charge in [0.1, 0.15) is 5.69 Å². The summed E-state index contributed by atoms with van der Waals surface area (Å²) in [5.41, 5.74) is 2.95. The van der Waals surface area contributed by atoms with E-state index >= 15 is 0 Å². The Balaban J connectivity index is 1.53. The number of fused-ring (bicyclic) bond motifs is 1. The highest BCUT2D eigenvalue weighted by atomic mass is 16.5. The van der Waals surface area contributed by atoms with Gasteiger partial charge in [-0.2, -0.15) is 5.26 Å².